The molecule has 0 bridgehead atoms. The fourth-order valence-electron chi connectivity index (χ4n) is 7.65. The van der Waals surface area contributed by atoms with Crippen molar-refractivity contribution < 1.29 is 4.42 Å². The van der Waals surface area contributed by atoms with Crippen LogP contribution in [0.1, 0.15) is 30.0 Å². The molecule has 8 aromatic rings. The molecular formula is C40H27NO. The lowest BCUT2D eigenvalue weighted by Crippen LogP contribution is -2.26. The first-order chi connectivity index (χ1) is 20.8. The molecule has 0 saturated carbocycles. The van der Waals surface area contributed by atoms with Crippen LogP contribution in [0.3, 0.4) is 0 Å². The quantitative estimate of drug-likeness (QED) is 0.210. The molecule has 1 aliphatic rings. The Morgan fingerprint density at radius 3 is 2.12 bits per heavy atom. The molecule has 0 spiro atoms. The lowest BCUT2D eigenvalue weighted by atomic mass is 9.70. The lowest BCUT2D eigenvalue weighted by molar-refractivity contribution is 0.590. The number of rotatable bonds is 3. The van der Waals surface area contributed by atoms with Crippen LogP contribution in [-0.4, -0.2) is 4.98 Å². The van der Waals surface area contributed by atoms with Gasteiger partial charge in [-0.05, 0) is 52.3 Å². The van der Waals surface area contributed by atoms with E-state index in [0.717, 1.165) is 39.7 Å². The van der Waals surface area contributed by atoms with E-state index in [4.69, 9.17) is 9.40 Å². The lowest BCUT2D eigenvalue weighted by Gasteiger charge is -2.32. The van der Waals surface area contributed by atoms with Crippen LogP contribution in [0, 0.1) is 0 Å². The predicted octanol–water partition coefficient (Wildman–Crippen LogP) is 10.7. The molecule has 0 N–H and O–H groups in total. The van der Waals surface area contributed by atoms with Crippen molar-refractivity contribution in [2.24, 2.45) is 0 Å². The zero-order chi connectivity index (χ0) is 27.8. The van der Waals surface area contributed by atoms with Crippen molar-refractivity contribution in [3.63, 3.8) is 0 Å². The van der Waals surface area contributed by atoms with Crippen molar-refractivity contribution >= 4 is 43.6 Å². The zero-order valence-electron chi connectivity index (χ0n) is 23.3. The summed E-state index contributed by atoms with van der Waals surface area (Å²) in [5, 5.41) is 5.91. The van der Waals surface area contributed by atoms with E-state index in [1.807, 2.05) is 0 Å². The zero-order valence-corrected chi connectivity index (χ0v) is 23.3. The van der Waals surface area contributed by atoms with Crippen molar-refractivity contribution in [2.75, 3.05) is 0 Å². The first kappa shape index (κ1) is 23.5. The van der Waals surface area contributed by atoms with Crippen molar-refractivity contribution in [2.45, 2.75) is 18.8 Å². The van der Waals surface area contributed by atoms with E-state index in [0.29, 0.717) is 0 Å². The molecule has 0 saturated heterocycles. The van der Waals surface area contributed by atoms with E-state index in [9.17, 15) is 0 Å². The van der Waals surface area contributed by atoms with E-state index in [-0.39, 0.29) is 5.41 Å². The Morgan fingerprint density at radius 2 is 1.29 bits per heavy atom. The number of para-hydroxylation sites is 2. The summed E-state index contributed by atoms with van der Waals surface area (Å²) in [7, 11) is 0. The molecule has 2 heteroatoms. The van der Waals surface area contributed by atoms with Gasteiger partial charge in [0.05, 0.1) is 11.2 Å². The van der Waals surface area contributed by atoms with Crippen molar-refractivity contribution in [3.8, 4) is 22.4 Å². The molecule has 1 unspecified atom stereocenters. The molecule has 2 aromatic heterocycles. The number of hydrogen-bond donors (Lipinski definition) is 0. The number of fused-ring (bicyclic) bond motifs is 10. The molecule has 1 aliphatic carbocycles. The van der Waals surface area contributed by atoms with Gasteiger partial charge in [-0.15, -0.1) is 0 Å². The Hall–Kier alpha value is -5.21. The van der Waals surface area contributed by atoms with E-state index in [2.05, 4.69) is 140 Å². The average Bonchev–Trinajstić information content (AvgIpc) is 3.58. The Morgan fingerprint density at radius 1 is 0.571 bits per heavy atom. The van der Waals surface area contributed by atoms with Gasteiger partial charge in [0.25, 0.3) is 0 Å². The summed E-state index contributed by atoms with van der Waals surface area (Å²) < 4.78 is 6.76. The predicted molar refractivity (Wildman–Crippen MR) is 174 cm³/mol. The highest BCUT2D eigenvalue weighted by Gasteiger charge is 2.46. The van der Waals surface area contributed by atoms with Gasteiger partial charge in [0.1, 0.15) is 11.2 Å². The summed E-state index contributed by atoms with van der Waals surface area (Å²) in [6, 6.07) is 47.9. The van der Waals surface area contributed by atoms with E-state index in [1.165, 1.54) is 49.4 Å². The van der Waals surface area contributed by atoms with Gasteiger partial charge in [-0.2, -0.15) is 0 Å². The molecule has 1 atom stereocenters. The number of aromatic nitrogens is 1. The molecule has 198 valence electrons. The first-order valence-electron chi connectivity index (χ1n) is 14.7. The van der Waals surface area contributed by atoms with E-state index in [1.54, 1.807) is 0 Å². The van der Waals surface area contributed by atoms with Crippen molar-refractivity contribution in [1.29, 1.82) is 0 Å². The third-order valence-corrected chi connectivity index (χ3v) is 9.43. The van der Waals surface area contributed by atoms with Crippen LogP contribution in [0.25, 0.3) is 66.0 Å². The van der Waals surface area contributed by atoms with Crippen molar-refractivity contribution in [3.05, 3.63) is 150 Å². The first-order valence-corrected chi connectivity index (χ1v) is 14.7. The minimum absolute atomic E-state index is 0.359. The van der Waals surface area contributed by atoms with E-state index < -0.39 is 0 Å². The monoisotopic (exact) mass is 537 g/mol. The molecule has 2 heterocycles. The highest BCUT2D eigenvalue weighted by atomic mass is 16.3. The smallest absolute Gasteiger partial charge is 0.140 e. The highest BCUT2D eigenvalue weighted by molar-refractivity contribution is 6.14. The summed E-state index contributed by atoms with van der Waals surface area (Å²) in [6.07, 6.45) is 0.905. The number of pyridine rings is 1. The van der Waals surface area contributed by atoms with Gasteiger partial charge in [0, 0.05) is 38.1 Å². The van der Waals surface area contributed by atoms with Gasteiger partial charge in [-0.25, -0.2) is 4.98 Å². The third kappa shape index (κ3) is 2.96. The SMILES string of the molecule is CCC1(c2ccccc2)c2cccc(-c3nc4ccccc4c4ccccc34)c2-c2ccc3c(oc4ccccc43)c21. The summed E-state index contributed by atoms with van der Waals surface area (Å²) >= 11 is 0. The fraction of sp³-hybridized carbons (Fsp3) is 0.0750. The largest absolute Gasteiger partial charge is 0.456 e. The second-order valence-corrected chi connectivity index (χ2v) is 11.3. The van der Waals surface area contributed by atoms with Crippen molar-refractivity contribution in [1.82, 2.24) is 4.98 Å². The van der Waals surface area contributed by atoms with Gasteiger partial charge in [0.2, 0.25) is 0 Å². The number of benzene rings is 6. The van der Waals surface area contributed by atoms with Gasteiger partial charge >= 0.3 is 0 Å². The van der Waals surface area contributed by atoms with Crippen LogP contribution in [0.4, 0.5) is 0 Å². The maximum absolute atomic E-state index is 6.76. The summed E-state index contributed by atoms with van der Waals surface area (Å²) in [5.41, 5.74) is 11.1. The Balaban J connectivity index is 1.46. The number of nitrogens with zero attached hydrogens (tertiary/aromatic N) is 1. The minimum atomic E-state index is -0.359. The molecule has 0 aliphatic heterocycles. The maximum Gasteiger partial charge on any atom is 0.140 e. The van der Waals surface area contributed by atoms with Crippen LogP contribution in [-0.2, 0) is 5.41 Å². The van der Waals surface area contributed by atoms with Crippen LogP contribution in [0.5, 0.6) is 0 Å². The number of furan rings is 1. The standard InChI is InChI=1S/C40H27NO/c1-2-40(25-13-4-3-5-14-25)33-20-12-19-32(38-29-18-7-6-15-26(29)27-16-8-10-21-34(27)41-38)36(33)31-24-23-30-28-17-9-11-22-35(28)42-39(30)37(31)40/h3-24H,2H2,1H3. The van der Waals surface area contributed by atoms with Gasteiger partial charge in [-0.1, -0.05) is 122 Å². The molecule has 9 rings (SSSR count). The van der Waals surface area contributed by atoms with Gasteiger partial charge in [-0.3, -0.25) is 0 Å². The van der Waals surface area contributed by atoms with Crippen LogP contribution >= 0.6 is 0 Å². The average molecular weight is 538 g/mol. The topological polar surface area (TPSA) is 26.0 Å². The molecule has 42 heavy (non-hydrogen) atoms. The number of hydrogen-bond acceptors (Lipinski definition) is 2. The third-order valence-electron chi connectivity index (χ3n) is 9.43. The van der Waals surface area contributed by atoms with Crippen LogP contribution < -0.4 is 0 Å². The molecule has 2 nitrogen and oxygen atoms in total. The molecule has 6 aromatic carbocycles. The Bertz CT molecular complexity index is 2350. The van der Waals surface area contributed by atoms with Gasteiger partial charge < -0.3 is 4.42 Å². The molecule has 0 fully saturated rings. The molecular weight excluding hydrogens is 510 g/mol. The molecule has 0 amide bonds. The summed E-state index contributed by atoms with van der Waals surface area (Å²) in [5.74, 6) is 0. The second kappa shape index (κ2) is 8.64. The summed E-state index contributed by atoms with van der Waals surface area (Å²) in [4.78, 5) is 5.34. The van der Waals surface area contributed by atoms with Crippen LogP contribution in [0.2, 0.25) is 0 Å². The fourth-order valence-corrected chi connectivity index (χ4v) is 7.65. The Kier molecular flexibility index (Phi) is 4.83. The van der Waals surface area contributed by atoms with Gasteiger partial charge in [0.15, 0.2) is 0 Å². The maximum atomic E-state index is 6.76. The van der Waals surface area contributed by atoms with Crippen LogP contribution in [0.15, 0.2) is 138 Å². The van der Waals surface area contributed by atoms with E-state index >= 15 is 0 Å². The highest BCUT2D eigenvalue weighted by Crippen LogP contribution is 2.59. The summed E-state index contributed by atoms with van der Waals surface area (Å²) in [6.45, 7) is 2.31. The Labute approximate surface area is 243 Å². The normalized spacial score (nSPS) is 15.9. The second-order valence-electron chi connectivity index (χ2n) is 11.3. The molecule has 0 radical (unpaired) electrons. The minimum Gasteiger partial charge on any atom is -0.456 e.